The molecule has 1 aliphatic heterocycles. The summed E-state index contributed by atoms with van der Waals surface area (Å²) >= 11 is 0. The number of aliphatic imine (C=N–C) groups is 1. The van der Waals surface area contributed by atoms with Crippen LogP contribution in [0, 0.1) is 0 Å². The summed E-state index contributed by atoms with van der Waals surface area (Å²) in [5.74, 6) is -5.41. The van der Waals surface area contributed by atoms with Crippen LogP contribution in [0.3, 0.4) is 0 Å². The number of nitrogens with two attached hydrogens (primary N) is 3. The number of amides is 6. The molecule has 2 aromatic rings. The van der Waals surface area contributed by atoms with Gasteiger partial charge in [-0.1, -0.05) is 45.9 Å². The van der Waals surface area contributed by atoms with Crippen molar-refractivity contribution < 1.29 is 38.7 Å². The van der Waals surface area contributed by atoms with Crippen LogP contribution in [0.5, 0.6) is 0 Å². The molecule has 3 rings (SSSR count). The maximum absolute atomic E-state index is 13.4. The van der Waals surface area contributed by atoms with Gasteiger partial charge < -0.3 is 48.9 Å². The van der Waals surface area contributed by atoms with Gasteiger partial charge in [-0.05, 0) is 36.8 Å². The normalized spacial score (nSPS) is 20.2. The second-order valence-corrected chi connectivity index (χ2v) is 13.5. The van der Waals surface area contributed by atoms with Crippen molar-refractivity contribution in [2.24, 2.45) is 22.2 Å². The van der Waals surface area contributed by atoms with E-state index in [2.05, 4.69) is 31.6 Å². The van der Waals surface area contributed by atoms with Gasteiger partial charge in [-0.2, -0.15) is 0 Å². The van der Waals surface area contributed by atoms with Crippen LogP contribution >= 0.6 is 21.6 Å². The molecule has 6 amide bonds. The van der Waals surface area contributed by atoms with Crippen molar-refractivity contribution in [2.75, 3.05) is 29.9 Å². The van der Waals surface area contributed by atoms with Crippen LogP contribution in [0.4, 0.5) is 5.69 Å². The molecule has 0 saturated carbocycles. The first-order valence-corrected chi connectivity index (χ1v) is 17.6. The number of carbonyl (C=O) groups is 7. The van der Waals surface area contributed by atoms with Gasteiger partial charge in [-0.15, -0.1) is 0 Å². The number of primary amides is 1. The maximum atomic E-state index is 13.4. The number of benzene rings is 2. The number of carboxylic acids is 1. The smallest absolute Gasteiger partial charge is 0.305 e. The predicted octanol–water partition coefficient (Wildman–Crippen LogP) is -0.849. The lowest BCUT2D eigenvalue weighted by molar-refractivity contribution is -0.140. The Bertz CT molecular complexity index is 1600. The van der Waals surface area contributed by atoms with Gasteiger partial charge in [0.15, 0.2) is 5.96 Å². The van der Waals surface area contributed by atoms with Crippen molar-refractivity contribution in [3.8, 4) is 0 Å². The monoisotopic (exact) mass is 717 g/mol. The van der Waals surface area contributed by atoms with E-state index in [1.54, 1.807) is 30.3 Å². The molecule has 12 N–H and O–H groups in total. The number of carbonyl (C=O) groups excluding carboxylic acids is 6. The van der Waals surface area contributed by atoms with Crippen LogP contribution < -0.4 is 43.8 Å². The lowest BCUT2D eigenvalue weighted by Crippen LogP contribution is -2.51. The Labute approximate surface area is 289 Å². The minimum absolute atomic E-state index is 0.00930. The number of carboxylic acid groups (broad SMARTS) is 1. The Morgan fingerprint density at radius 3 is 2.35 bits per heavy atom. The highest BCUT2D eigenvalue weighted by molar-refractivity contribution is 8.76. The molecule has 3 unspecified atom stereocenters. The van der Waals surface area contributed by atoms with E-state index in [4.69, 9.17) is 17.2 Å². The summed E-state index contributed by atoms with van der Waals surface area (Å²) in [5, 5.41) is 23.1. The first-order chi connectivity index (χ1) is 23.3. The zero-order valence-electron chi connectivity index (χ0n) is 26.4. The first-order valence-electron chi connectivity index (χ1n) is 15.2. The van der Waals surface area contributed by atoms with Gasteiger partial charge >= 0.3 is 5.97 Å². The van der Waals surface area contributed by atoms with Crippen molar-refractivity contribution in [1.29, 1.82) is 0 Å². The number of hydrogen-bond donors (Lipinski definition) is 9. The third-order valence-corrected chi connectivity index (χ3v) is 9.48. The molecule has 0 spiro atoms. The van der Waals surface area contributed by atoms with Crippen molar-refractivity contribution in [2.45, 2.75) is 50.2 Å². The summed E-state index contributed by atoms with van der Waals surface area (Å²) in [6, 6.07) is 6.00. The Hall–Kier alpha value is -5.04. The Balaban J connectivity index is 1.89. The van der Waals surface area contributed by atoms with Crippen molar-refractivity contribution in [3.63, 3.8) is 0 Å². The fraction of sp³-hybridized carbons (Fsp3) is 0.400. The highest BCUT2D eigenvalue weighted by Gasteiger charge is 2.27. The fourth-order valence-corrected chi connectivity index (χ4v) is 6.80. The highest BCUT2D eigenvalue weighted by atomic mass is 33.1. The number of anilines is 1. The molecule has 2 bridgehead atoms. The van der Waals surface area contributed by atoms with E-state index in [9.17, 15) is 38.7 Å². The molecule has 0 aromatic heterocycles. The Morgan fingerprint density at radius 2 is 1.63 bits per heavy atom. The summed E-state index contributed by atoms with van der Waals surface area (Å²) in [7, 11) is 2.48. The summed E-state index contributed by atoms with van der Waals surface area (Å²) in [6.45, 7) is -0.310. The second kappa shape index (κ2) is 19.1. The van der Waals surface area contributed by atoms with E-state index < -0.39 is 72.5 Å². The zero-order valence-corrected chi connectivity index (χ0v) is 28.0. The Kier molecular flexibility index (Phi) is 15.0. The summed E-state index contributed by atoms with van der Waals surface area (Å²) in [5.41, 5.74) is 16.4. The van der Waals surface area contributed by atoms with Crippen LogP contribution in [-0.2, 0) is 28.8 Å². The van der Waals surface area contributed by atoms with E-state index in [1.807, 2.05) is 0 Å². The van der Waals surface area contributed by atoms with Gasteiger partial charge in [-0.3, -0.25) is 38.6 Å². The molecule has 17 nitrogen and oxygen atoms in total. The minimum Gasteiger partial charge on any atom is -0.481 e. The van der Waals surface area contributed by atoms with E-state index in [0.29, 0.717) is 35.9 Å². The fourth-order valence-electron chi connectivity index (χ4n) is 4.63. The lowest BCUT2D eigenvalue weighted by Gasteiger charge is -2.21. The zero-order chi connectivity index (χ0) is 35.9. The average molecular weight is 718 g/mol. The number of aliphatic carboxylic acids is 1. The standard InChI is InChI=1S/C30H39N9O8S2/c31-26(44)22-15-49-48-10-8-23(40)36-19(7-3-4-9-34-30(32)33)28(46)35-14-24(41)37-21(13-25(42)43)29(47)38-20-12-17(27(45)39-22)11-16-5-1-2-6-18(16)20/h1-2,5-6,11-12,19,21-22H,3-4,7-10,13-15H2,(H2,31,44)(H,35,46)(H,36,40)(H,37,41)(H,38,47)(H,39,45)(H,42,43)(H4,32,33,34). The number of guanidine groups is 1. The van der Waals surface area contributed by atoms with Gasteiger partial charge in [0.2, 0.25) is 29.5 Å². The molecule has 49 heavy (non-hydrogen) atoms. The third kappa shape index (κ3) is 12.8. The van der Waals surface area contributed by atoms with Gasteiger partial charge in [0.05, 0.1) is 13.0 Å². The van der Waals surface area contributed by atoms with E-state index in [1.165, 1.54) is 27.7 Å². The quantitative estimate of drug-likeness (QED) is 0.0699. The molecule has 19 heteroatoms. The average Bonchev–Trinajstić information content (AvgIpc) is 3.04. The van der Waals surface area contributed by atoms with Crippen LogP contribution in [0.15, 0.2) is 41.4 Å². The molecule has 2 aromatic carbocycles. The summed E-state index contributed by atoms with van der Waals surface area (Å²) in [4.78, 5) is 93.0. The van der Waals surface area contributed by atoms with E-state index >= 15 is 0 Å². The van der Waals surface area contributed by atoms with Gasteiger partial charge in [0.1, 0.15) is 18.1 Å². The number of hydrogen-bond acceptors (Lipinski definition) is 10. The maximum Gasteiger partial charge on any atom is 0.305 e. The van der Waals surface area contributed by atoms with Crippen LogP contribution in [0.2, 0.25) is 0 Å². The molecular weight excluding hydrogens is 679 g/mol. The van der Waals surface area contributed by atoms with Crippen molar-refractivity contribution >= 4 is 85.4 Å². The molecule has 1 aliphatic rings. The van der Waals surface area contributed by atoms with Crippen molar-refractivity contribution in [3.05, 3.63) is 42.0 Å². The Morgan fingerprint density at radius 1 is 0.898 bits per heavy atom. The number of unbranched alkanes of at least 4 members (excludes halogenated alkanes) is 1. The molecule has 264 valence electrons. The first kappa shape index (κ1) is 38.4. The summed E-state index contributed by atoms with van der Waals surface area (Å²) in [6.07, 6.45) is 0.358. The van der Waals surface area contributed by atoms with Crippen molar-refractivity contribution in [1.82, 2.24) is 21.3 Å². The molecule has 0 radical (unpaired) electrons. The van der Waals surface area contributed by atoms with Crippen LogP contribution in [0.25, 0.3) is 10.8 Å². The molecule has 1 heterocycles. The van der Waals surface area contributed by atoms with Gasteiger partial charge in [0.25, 0.3) is 5.91 Å². The molecule has 0 aliphatic carbocycles. The predicted molar refractivity (Wildman–Crippen MR) is 186 cm³/mol. The second-order valence-electron chi connectivity index (χ2n) is 10.9. The highest BCUT2D eigenvalue weighted by Crippen LogP contribution is 2.27. The van der Waals surface area contributed by atoms with Crippen LogP contribution in [0.1, 0.15) is 42.5 Å². The third-order valence-electron chi connectivity index (χ3n) is 7.06. The van der Waals surface area contributed by atoms with Gasteiger partial charge in [0, 0.05) is 41.1 Å². The largest absolute Gasteiger partial charge is 0.481 e. The lowest BCUT2D eigenvalue weighted by atomic mass is 10.0. The van der Waals surface area contributed by atoms with E-state index in [0.717, 1.165) is 0 Å². The van der Waals surface area contributed by atoms with Gasteiger partial charge in [-0.25, -0.2) is 0 Å². The van der Waals surface area contributed by atoms with E-state index in [-0.39, 0.29) is 35.8 Å². The molecule has 0 fully saturated rings. The SMILES string of the molecule is NC(=O)C1CSSCCC(=O)NC(CCCCN=C(N)N)C(=O)NCC(=O)NC(CC(=O)O)C(=O)Nc2cc(cc3ccccc23)C(=O)N1. The molecule has 3 atom stereocenters. The number of rotatable bonds is 8. The molecular formula is C30H39N9O8S2. The number of fused-ring (bicyclic) bond motifs is 4. The van der Waals surface area contributed by atoms with Crippen LogP contribution in [-0.4, -0.2) is 95.2 Å². The molecule has 0 saturated heterocycles. The number of nitrogens with one attached hydrogen (secondary N) is 5. The number of nitrogens with zero attached hydrogens (tertiary/aromatic N) is 1. The summed E-state index contributed by atoms with van der Waals surface area (Å²) < 4.78 is 0. The minimum atomic E-state index is -1.57. The topological polar surface area (TPSA) is 290 Å².